The van der Waals surface area contributed by atoms with Crippen LogP contribution in [0.1, 0.15) is 38.7 Å². The zero-order chi connectivity index (χ0) is 21.1. The van der Waals surface area contributed by atoms with Crippen LogP contribution < -0.4 is 5.32 Å². The SMILES string of the molecule is CC1CN=NC(NCN2CCN(C3C=C(c4ccc(F)cc4F)CCC3C)CC2)C1. The van der Waals surface area contributed by atoms with Gasteiger partial charge in [-0.25, -0.2) is 8.78 Å². The summed E-state index contributed by atoms with van der Waals surface area (Å²) in [4.78, 5) is 4.95. The third kappa shape index (κ3) is 5.13. The molecule has 0 saturated carbocycles. The molecule has 4 atom stereocenters. The average molecular weight is 418 g/mol. The second-order valence-corrected chi connectivity index (χ2v) is 9.14. The van der Waals surface area contributed by atoms with Gasteiger partial charge in [0.05, 0.1) is 6.54 Å². The second-order valence-electron chi connectivity index (χ2n) is 9.14. The maximum absolute atomic E-state index is 14.3. The van der Waals surface area contributed by atoms with Gasteiger partial charge in [-0.1, -0.05) is 19.9 Å². The number of nitrogens with one attached hydrogen (secondary N) is 1. The molecule has 1 aromatic rings. The van der Waals surface area contributed by atoms with Gasteiger partial charge in [0.1, 0.15) is 17.8 Å². The summed E-state index contributed by atoms with van der Waals surface area (Å²) in [5.41, 5.74) is 1.56. The predicted octanol–water partition coefficient (Wildman–Crippen LogP) is 4.13. The van der Waals surface area contributed by atoms with Gasteiger partial charge in [-0.3, -0.25) is 15.1 Å². The van der Waals surface area contributed by atoms with Gasteiger partial charge in [0.2, 0.25) is 0 Å². The summed E-state index contributed by atoms with van der Waals surface area (Å²) in [5.74, 6) is 0.147. The standard InChI is InChI=1S/C23H33F2N5/c1-16-11-23(28-27-14-16)26-15-29-7-9-30(10-8-29)22-12-18(4-3-17(22)2)20-6-5-19(24)13-21(20)25/h5-6,12-13,16-17,22-23,26H,3-4,7-11,14-15H2,1-2H3. The Bertz CT molecular complexity index is 788. The summed E-state index contributed by atoms with van der Waals surface area (Å²) >= 11 is 0. The lowest BCUT2D eigenvalue weighted by atomic mass is 9.83. The maximum Gasteiger partial charge on any atom is 0.133 e. The Balaban J connectivity index is 1.34. The molecular weight excluding hydrogens is 384 g/mol. The summed E-state index contributed by atoms with van der Waals surface area (Å²) in [5, 5.41) is 12.1. The first kappa shape index (κ1) is 21.5. The summed E-state index contributed by atoms with van der Waals surface area (Å²) < 4.78 is 27.6. The van der Waals surface area contributed by atoms with E-state index >= 15 is 0 Å². The molecule has 1 fully saturated rings. The molecule has 1 N–H and O–H groups in total. The summed E-state index contributed by atoms with van der Waals surface area (Å²) in [7, 11) is 0. The third-order valence-corrected chi connectivity index (χ3v) is 6.72. The van der Waals surface area contributed by atoms with E-state index in [1.165, 1.54) is 6.07 Å². The minimum Gasteiger partial charge on any atom is -0.294 e. The van der Waals surface area contributed by atoms with E-state index in [0.717, 1.165) is 70.3 Å². The fraction of sp³-hybridized carbons (Fsp3) is 0.652. The Labute approximate surface area is 178 Å². The summed E-state index contributed by atoms with van der Waals surface area (Å²) in [6.45, 7) is 10.2. The molecule has 164 valence electrons. The summed E-state index contributed by atoms with van der Waals surface area (Å²) in [6, 6.07) is 4.23. The van der Waals surface area contributed by atoms with Crippen molar-refractivity contribution in [2.75, 3.05) is 39.4 Å². The van der Waals surface area contributed by atoms with E-state index in [1.807, 2.05) is 0 Å². The van der Waals surface area contributed by atoms with Crippen LogP contribution in [0.2, 0.25) is 0 Å². The van der Waals surface area contributed by atoms with Crippen LogP contribution in [0.15, 0.2) is 34.5 Å². The van der Waals surface area contributed by atoms with Crippen molar-refractivity contribution in [2.45, 2.75) is 45.3 Å². The highest BCUT2D eigenvalue weighted by Gasteiger charge is 2.30. The van der Waals surface area contributed by atoms with Crippen LogP contribution in [0.5, 0.6) is 0 Å². The first-order chi connectivity index (χ1) is 14.5. The minimum absolute atomic E-state index is 0.140. The highest BCUT2D eigenvalue weighted by atomic mass is 19.1. The number of hydrogen-bond donors (Lipinski definition) is 1. The van der Waals surface area contributed by atoms with Crippen molar-refractivity contribution in [3.8, 4) is 0 Å². The smallest absolute Gasteiger partial charge is 0.133 e. The van der Waals surface area contributed by atoms with Crippen LogP contribution in [0.3, 0.4) is 0 Å². The quantitative estimate of drug-likeness (QED) is 0.783. The molecule has 0 bridgehead atoms. The fourth-order valence-corrected chi connectivity index (χ4v) is 4.81. The molecule has 5 nitrogen and oxygen atoms in total. The Morgan fingerprint density at radius 2 is 1.93 bits per heavy atom. The number of rotatable bonds is 5. The van der Waals surface area contributed by atoms with Crippen molar-refractivity contribution >= 4 is 5.57 Å². The minimum atomic E-state index is -0.522. The van der Waals surface area contributed by atoms with E-state index in [2.05, 4.69) is 45.3 Å². The Morgan fingerprint density at radius 3 is 2.67 bits per heavy atom. The maximum atomic E-state index is 14.3. The van der Waals surface area contributed by atoms with Gasteiger partial charge < -0.3 is 0 Å². The Morgan fingerprint density at radius 1 is 1.13 bits per heavy atom. The van der Waals surface area contributed by atoms with E-state index in [9.17, 15) is 8.78 Å². The fourth-order valence-electron chi connectivity index (χ4n) is 4.81. The van der Waals surface area contributed by atoms with E-state index in [4.69, 9.17) is 0 Å². The molecule has 0 aromatic heterocycles. The zero-order valence-electron chi connectivity index (χ0n) is 18.0. The lowest BCUT2D eigenvalue weighted by molar-refractivity contribution is 0.0811. The van der Waals surface area contributed by atoms with Crippen molar-refractivity contribution in [1.29, 1.82) is 0 Å². The van der Waals surface area contributed by atoms with Crippen LogP contribution >= 0.6 is 0 Å². The molecule has 0 amide bonds. The van der Waals surface area contributed by atoms with Gasteiger partial charge in [-0.2, -0.15) is 10.2 Å². The van der Waals surface area contributed by atoms with Crippen molar-refractivity contribution < 1.29 is 8.78 Å². The van der Waals surface area contributed by atoms with Gasteiger partial charge in [0.15, 0.2) is 0 Å². The molecule has 3 aliphatic rings. The van der Waals surface area contributed by atoms with Gasteiger partial charge in [-0.15, -0.1) is 0 Å². The Hall–Kier alpha value is -1.70. The first-order valence-corrected chi connectivity index (χ1v) is 11.2. The molecule has 4 rings (SSSR count). The van der Waals surface area contributed by atoms with Gasteiger partial charge in [0.25, 0.3) is 0 Å². The number of nitrogens with zero attached hydrogens (tertiary/aromatic N) is 4. The molecule has 1 aliphatic carbocycles. The van der Waals surface area contributed by atoms with E-state index in [1.54, 1.807) is 6.07 Å². The number of piperazine rings is 1. The highest BCUT2D eigenvalue weighted by molar-refractivity contribution is 5.67. The van der Waals surface area contributed by atoms with Crippen LogP contribution in [0, 0.1) is 23.5 Å². The van der Waals surface area contributed by atoms with Crippen LogP contribution in [-0.2, 0) is 0 Å². The van der Waals surface area contributed by atoms with Crippen LogP contribution in [0.4, 0.5) is 8.78 Å². The monoisotopic (exact) mass is 417 g/mol. The molecular formula is C23H33F2N5. The van der Waals surface area contributed by atoms with E-state index in [0.29, 0.717) is 23.4 Å². The lowest BCUT2D eigenvalue weighted by Crippen LogP contribution is -2.54. The highest BCUT2D eigenvalue weighted by Crippen LogP contribution is 2.34. The molecule has 0 spiro atoms. The normalized spacial score (nSPS) is 31.0. The lowest BCUT2D eigenvalue weighted by Gasteiger charge is -2.42. The molecule has 1 aromatic carbocycles. The van der Waals surface area contributed by atoms with E-state index in [-0.39, 0.29) is 6.17 Å². The van der Waals surface area contributed by atoms with Gasteiger partial charge in [0, 0.05) is 50.5 Å². The largest absolute Gasteiger partial charge is 0.294 e. The molecule has 2 aliphatic heterocycles. The topological polar surface area (TPSA) is 43.2 Å². The molecule has 2 heterocycles. The average Bonchev–Trinajstić information content (AvgIpc) is 2.73. The molecule has 0 radical (unpaired) electrons. The number of azo groups is 1. The predicted molar refractivity (Wildman–Crippen MR) is 115 cm³/mol. The third-order valence-electron chi connectivity index (χ3n) is 6.72. The number of hydrogen-bond acceptors (Lipinski definition) is 5. The summed E-state index contributed by atoms with van der Waals surface area (Å²) in [6.07, 6.45) is 5.29. The second kappa shape index (κ2) is 9.62. The van der Waals surface area contributed by atoms with Gasteiger partial charge in [-0.05, 0) is 48.8 Å². The molecule has 7 heteroatoms. The van der Waals surface area contributed by atoms with Crippen molar-refractivity contribution in [3.05, 3.63) is 41.5 Å². The molecule has 4 unspecified atom stereocenters. The van der Waals surface area contributed by atoms with Crippen molar-refractivity contribution in [1.82, 2.24) is 15.1 Å². The molecule has 1 saturated heterocycles. The van der Waals surface area contributed by atoms with Crippen LogP contribution in [0.25, 0.3) is 5.57 Å². The Kier molecular flexibility index (Phi) is 6.91. The van der Waals surface area contributed by atoms with Crippen molar-refractivity contribution in [3.63, 3.8) is 0 Å². The number of benzene rings is 1. The van der Waals surface area contributed by atoms with Crippen molar-refractivity contribution in [2.24, 2.45) is 22.1 Å². The number of halogens is 2. The van der Waals surface area contributed by atoms with Gasteiger partial charge >= 0.3 is 0 Å². The van der Waals surface area contributed by atoms with Crippen LogP contribution in [-0.4, -0.2) is 61.4 Å². The molecule has 30 heavy (non-hydrogen) atoms. The first-order valence-electron chi connectivity index (χ1n) is 11.2. The van der Waals surface area contributed by atoms with E-state index < -0.39 is 11.6 Å². The number of allylic oxidation sites excluding steroid dienone is 1. The zero-order valence-corrected chi connectivity index (χ0v) is 18.0.